The third-order valence-corrected chi connectivity index (χ3v) is 3.75. The molecular formula is C13H16N2O2. The monoisotopic (exact) mass is 232 g/mol. The summed E-state index contributed by atoms with van der Waals surface area (Å²) < 4.78 is 11.0. The molecule has 1 saturated carbocycles. The molecule has 0 saturated heterocycles. The van der Waals surface area contributed by atoms with E-state index in [0.29, 0.717) is 6.54 Å². The molecule has 1 heterocycles. The van der Waals surface area contributed by atoms with Gasteiger partial charge in [-0.25, -0.2) is 4.98 Å². The maximum atomic E-state index is 5.85. The standard InChI is InChI=1S/C13H16N2O2/c1-16-9-3-4-10-11(7-9)17-12(15-10)13(8-14)5-2-6-13/h3-4,7H,2,5-6,8,14H2,1H3. The molecule has 1 aliphatic rings. The zero-order chi connectivity index (χ0) is 11.9. The number of hydrogen-bond donors (Lipinski definition) is 1. The van der Waals surface area contributed by atoms with E-state index in [1.54, 1.807) is 7.11 Å². The van der Waals surface area contributed by atoms with Gasteiger partial charge in [0.25, 0.3) is 0 Å². The number of fused-ring (bicyclic) bond motifs is 1. The van der Waals surface area contributed by atoms with Gasteiger partial charge < -0.3 is 14.9 Å². The molecule has 4 nitrogen and oxygen atoms in total. The molecular weight excluding hydrogens is 216 g/mol. The molecule has 90 valence electrons. The van der Waals surface area contributed by atoms with Gasteiger partial charge in [-0.05, 0) is 25.0 Å². The first-order valence-electron chi connectivity index (χ1n) is 5.92. The van der Waals surface area contributed by atoms with Crippen molar-refractivity contribution in [1.29, 1.82) is 0 Å². The number of nitrogens with zero attached hydrogens (tertiary/aromatic N) is 1. The number of oxazole rings is 1. The Morgan fingerprint density at radius 2 is 2.29 bits per heavy atom. The van der Waals surface area contributed by atoms with Gasteiger partial charge in [0.15, 0.2) is 5.58 Å². The van der Waals surface area contributed by atoms with Gasteiger partial charge in [-0.3, -0.25) is 0 Å². The van der Waals surface area contributed by atoms with Crippen LogP contribution in [0, 0.1) is 0 Å². The highest BCUT2D eigenvalue weighted by Gasteiger charge is 2.41. The highest BCUT2D eigenvalue weighted by atomic mass is 16.5. The van der Waals surface area contributed by atoms with Crippen molar-refractivity contribution in [2.75, 3.05) is 13.7 Å². The van der Waals surface area contributed by atoms with E-state index in [1.807, 2.05) is 18.2 Å². The molecule has 1 aliphatic carbocycles. The van der Waals surface area contributed by atoms with E-state index in [-0.39, 0.29) is 5.41 Å². The van der Waals surface area contributed by atoms with Crippen molar-refractivity contribution < 1.29 is 9.15 Å². The first-order chi connectivity index (χ1) is 8.27. The van der Waals surface area contributed by atoms with Crippen LogP contribution in [0.4, 0.5) is 0 Å². The lowest BCUT2D eigenvalue weighted by Gasteiger charge is -2.37. The van der Waals surface area contributed by atoms with Crippen molar-refractivity contribution in [3.63, 3.8) is 0 Å². The van der Waals surface area contributed by atoms with Gasteiger partial charge in [0.1, 0.15) is 11.3 Å². The molecule has 2 N–H and O–H groups in total. The number of rotatable bonds is 3. The zero-order valence-electron chi connectivity index (χ0n) is 9.90. The highest BCUT2D eigenvalue weighted by molar-refractivity contribution is 5.74. The van der Waals surface area contributed by atoms with Crippen molar-refractivity contribution in [3.05, 3.63) is 24.1 Å². The van der Waals surface area contributed by atoms with Gasteiger partial charge in [0, 0.05) is 12.6 Å². The predicted octanol–water partition coefficient (Wildman–Crippen LogP) is 2.22. The normalized spacial score (nSPS) is 18.0. The Kier molecular flexibility index (Phi) is 2.33. The van der Waals surface area contributed by atoms with Gasteiger partial charge >= 0.3 is 0 Å². The first kappa shape index (κ1) is 10.6. The van der Waals surface area contributed by atoms with E-state index in [1.165, 1.54) is 6.42 Å². The molecule has 1 aromatic carbocycles. The summed E-state index contributed by atoms with van der Waals surface area (Å²) in [6.45, 7) is 0.608. The topological polar surface area (TPSA) is 61.3 Å². The van der Waals surface area contributed by atoms with Gasteiger partial charge in [-0.2, -0.15) is 0 Å². The second kappa shape index (κ2) is 3.74. The summed E-state index contributed by atoms with van der Waals surface area (Å²) in [5, 5.41) is 0. The van der Waals surface area contributed by atoms with Gasteiger partial charge in [-0.1, -0.05) is 6.42 Å². The van der Waals surface area contributed by atoms with E-state index >= 15 is 0 Å². The summed E-state index contributed by atoms with van der Waals surface area (Å²) in [6, 6.07) is 5.68. The summed E-state index contributed by atoms with van der Waals surface area (Å²) in [7, 11) is 1.64. The van der Waals surface area contributed by atoms with E-state index in [0.717, 1.165) is 35.6 Å². The maximum Gasteiger partial charge on any atom is 0.202 e. The number of methoxy groups -OCH3 is 1. The van der Waals surface area contributed by atoms with Crippen LogP contribution in [-0.4, -0.2) is 18.6 Å². The Morgan fingerprint density at radius 3 is 2.88 bits per heavy atom. The molecule has 0 atom stereocenters. The average Bonchev–Trinajstić information content (AvgIpc) is 2.70. The smallest absolute Gasteiger partial charge is 0.202 e. The third-order valence-electron chi connectivity index (χ3n) is 3.75. The second-order valence-corrected chi connectivity index (χ2v) is 4.69. The second-order valence-electron chi connectivity index (χ2n) is 4.69. The summed E-state index contributed by atoms with van der Waals surface area (Å²) in [6.07, 6.45) is 3.36. The Balaban J connectivity index is 2.07. The third kappa shape index (κ3) is 1.52. The molecule has 0 aliphatic heterocycles. The summed E-state index contributed by atoms with van der Waals surface area (Å²) in [5.74, 6) is 1.57. The number of benzene rings is 1. The van der Waals surface area contributed by atoms with Crippen LogP contribution in [0.3, 0.4) is 0 Å². The summed E-state index contributed by atoms with van der Waals surface area (Å²) in [4.78, 5) is 4.55. The van der Waals surface area contributed by atoms with Crippen molar-refractivity contribution in [3.8, 4) is 5.75 Å². The molecule has 2 aromatic rings. The van der Waals surface area contributed by atoms with E-state index in [4.69, 9.17) is 14.9 Å². The van der Waals surface area contributed by atoms with Gasteiger partial charge in [-0.15, -0.1) is 0 Å². The van der Waals surface area contributed by atoms with Crippen molar-refractivity contribution in [2.45, 2.75) is 24.7 Å². The molecule has 1 aromatic heterocycles. The van der Waals surface area contributed by atoms with Crippen molar-refractivity contribution in [1.82, 2.24) is 4.98 Å². The Bertz CT molecular complexity index is 538. The molecule has 0 spiro atoms. The fraction of sp³-hybridized carbons (Fsp3) is 0.462. The zero-order valence-corrected chi connectivity index (χ0v) is 9.90. The van der Waals surface area contributed by atoms with Gasteiger partial charge in [0.2, 0.25) is 5.89 Å². The molecule has 4 heteroatoms. The van der Waals surface area contributed by atoms with Crippen LogP contribution in [0.1, 0.15) is 25.2 Å². The molecule has 0 amide bonds. The van der Waals surface area contributed by atoms with Crippen molar-refractivity contribution in [2.24, 2.45) is 5.73 Å². The number of ether oxygens (including phenoxy) is 1. The van der Waals surface area contributed by atoms with Gasteiger partial charge in [0.05, 0.1) is 12.5 Å². The van der Waals surface area contributed by atoms with Crippen LogP contribution in [0.25, 0.3) is 11.1 Å². The Labute approximate surface area is 99.8 Å². The highest BCUT2D eigenvalue weighted by Crippen LogP contribution is 2.43. The molecule has 0 radical (unpaired) electrons. The lowest BCUT2D eigenvalue weighted by Crippen LogP contribution is -2.41. The first-order valence-corrected chi connectivity index (χ1v) is 5.92. The fourth-order valence-corrected chi connectivity index (χ4v) is 2.37. The fourth-order valence-electron chi connectivity index (χ4n) is 2.37. The largest absolute Gasteiger partial charge is 0.497 e. The average molecular weight is 232 g/mol. The quantitative estimate of drug-likeness (QED) is 0.881. The Morgan fingerprint density at radius 1 is 1.47 bits per heavy atom. The minimum Gasteiger partial charge on any atom is -0.497 e. The summed E-state index contributed by atoms with van der Waals surface area (Å²) in [5.41, 5.74) is 7.48. The lowest BCUT2D eigenvalue weighted by molar-refractivity contribution is 0.203. The minimum absolute atomic E-state index is 0.0216. The number of hydrogen-bond acceptors (Lipinski definition) is 4. The molecule has 3 rings (SSSR count). The van der Waals surface area contributed by atoms with Crippen LogP contribution in [0.15, 0.2) is 22.6 Å². The molecule has 1 fully saturated rings. The van der Waals surface area contributed by atoms with Crippen LogP contribution in [0.2, 0.25) is 0 Å². The molecule has 0 bridgehead atoms. The lowest BCUT2D eigenvalue weighted by atomic mass is 9.69. The van der Waals surface area contributed by atoms with Crippen LogP contribution >= 0.6 is 0 Å². The van der Waals surface area contributed by atoms with Crippen molar-refractivity contribution >= 4 is 11.1 Å². The number of nitrogens with two attached hydrogens (primary N) is 1. The Hall–Kier alpha value is -1.55. The number of aromatic nitrogens is 1. The van der Waals surface area contributed by atoms with Crippen LogP contribution in [0.5, 0.6) is 5.75 Å². The van der Waals surface area contributed by atoms with Crippen LogP contribution < -0.4 is 10.5 Å². The maximum absolute atomic E-state index is 5.85. The van der Waals surface area contributed by atoms with Crippen LogP contribution in [-0.2, 0) is 5.41 Å². The van der Waals surface area contributed by atoms with E-state index in [2.05, 4.69) is 4.98 Å². The summed E-state index contributed by atoms with van der Waals surface area (Å²) >= 11 is 0. The predicted molar refractivity (Wildman–Crippen MR) is 65.1 cm³/mol. The molecule has 17 heavy (non-hydrogen) atoms. The van der Waals surface area contributed by atoms with E-state index < -0.39 is 0 Å². The SMILES string of the molecule is COc1ccc2nc(C3(CN)CCC3)oc2c1. The minimum atomic E-state index is -0.0216. The van der Waals surface area contributed by atoms with E-state index in [9.17, 15) is 0 Å². The molecule has 0 unspecified atom stereocenters.